The summed E-state index contributed by atoms with van der Waals surface area (Å²) < 4.78 is 30.3. The average Bonchev–Trinajstić information content (AvgIpc) is 2.79. The van der Waals surface area contributed by atoms with Gasteiger partial charge < -0.3 is 15.4 Å². The second-order valence-electron chi connectivity index (χ2n) is 7.66. The molecule has 9 heteroatoms. The molecule has 1 aromatic rings. The van der Waals surface area contributed by atoms with Gasteiger partial charge in [0.25, 0.3) is 0 Å². The van der Waals surface area contributed by atoms with Crippen molar-refractivity contribution >= 4 is 39.8 Å². The van der Waals surface area contributed by atoms with Crippen molar-refractivity contribution in [2.24, 2.45) is 10.9 Å². The highest BCUT2D eigenvalue weighted by atomic mass is 127. The second-order valence-corrected chi connectivity index (χ2v) is 9.77. The van der Waals surface area contributed by atoms with Crippen LogP contribution in [0, 0.1) is 5.92 Å². The zero-order valence-electron chi connectivity index (χ0n) is 19.0. The molecule has 1 aliphatic heterocycles. The molecule has 0 spiro atoms. The summed E-state index contributed by atoms with van der Waals surface area (Å²) in [5.41, 5.74) is 0. The number of ether oxygens (including phenoxy) is 1. The van der Waals surface area contributed by atoms with Crippen molar-refractivity contribution in [1.82, 2.24) is 15.5 Å². The van der Waals surface area contributed by atoms with Gasteiger partial charge in [0.1, 0.15) is 0 Å². The van der Waals surface area contributed by atoms with Gasteiger partial charge in [0, 0.05) is 39.3 Å². The van der Waals surface area contributed by atoms with E-state index in [0.717, 1.165) is 51.6 Å². The Morgan fingerprint density at radius 3 is 2.35 bits per heavy atom. The molecule has 1 unspecified atom stereocenters. The van der Waals surface area contributed by atoms with Crippen LogP contribution in [0.5, 0.6) is 0 Å². The van der Waals surface area contributed by atoms with Crippen LogP contribution < -0.4 is 10.6 Å². The summed E-state index contributed by atoms with van der Waals surface area (Å²) >= 11 is 0. The van der Waals surface area contributed by atoms with Crippen LogP contribution in [0.1, 0.15) is 33.1 Å². The van der Waals surface area contributed by atoms with Gasteiger partial charge in [-0.25, -0.2) is 8.42 Å². The molecule has 2 N–H and O–H groups in total. The molecule has 0 amide bonds. The Labute approximate surface area is 205 Å². The zero-order valence-corrected chi connectivity index (χ0v) is 22.2. The molecule has 1 heterocycles. The quantitative estimate of drug-likeness (QED) is 0.186. The Morgan fingerprint density at radius 2 is 1.77 bits per heavy atom. The highest BCUT2D eigenvalue weighted by Gasteiger charge is 2.27. The van der Waals surface area contributed by atoms with Crippen molar-refractivity contribution in [3.63, 3.8) is 0 Å². The van der Waals surface area contributed by atoms with Gasteiger partial charge in [-0.05, 0) is 24.5 Å². The first kappa shape index (κ1) is 28.1. The van der Waals surface area contributed by atoms with E-state index in [-0.39, 0.29) is 29.7 Å². The number of guanidine groups is 1. The summed E-state index contributed by atoms with van der Waals surface area (Å²) in [6, 6.07) is 9.05. The Morgan fingerprint density at radius 1 is 1.13 bits per heavy atom. The maximum atomic E-state index is 12.4. The topological polar surface area (TPSA) is 83.0 Å². The van der Waals surface area contributed by atoms with E-state index in [4.69, 9.17) is 4.74 Å². The van der Waals surface area contributed by atoms with E-state index in [1.807, 2.05) is 6.07 Å². The Balaban J connectivity index is 0.00000480. The fraction of sp³-hybridized carbons (Fsp3) is 0.682. The summed E-state index contributed by atoms with van der Waals surface area (Å²) in [5.74, 6) is 1.45. The number of halogens is 1. The molecule has 0 bridgehead atoms. The van der Waals surface area contributed by atoms with Crippen LogP contribution in [0.3, 0.4) is 0 Å². The summed E-state index contributed by atoms with van der Waals surface area (Å²) in [6.45, 7) is 9.38. The number of hydrogen-bond acceptors (Lipinski definition) is 5. The number of benzene rings is 1. The maximum Gasteiger partial charge on any atom is 0.191 e. The largest absolute Gasteiger partial charge is 0.379 e. The minimum Gasteiger partial charge on any atom is -0.379 e. The molecule has 0 radical (unpaired) electrons. The third-order valence-electron chi connectivity index (χ3n) is 5.79. The maximum absolute atomic E-state index is 12.4. The Hall–Kier alpha value is -0.910. The summed E-state index contributed by atoms with van der Waals surface area (Å²) in [4.78, 5) is 7.21. The van der Waals surface area contributed by atoms with E-state index in [9.17, 15) is 8.42 Å². The molecule has 0 aliphatic carbocycles. The van der Waals surface area contributed by atoms with Crippen molar-refractivity contribution in [2.45, 2.75) is 44.0 Å². The van der Waals surface area contributed by atoms with Gasteiger partial charge in [0.15, 0.2) is 15.8 Å². The van der Waals surface area contributed by atoms with Gasteiger partial charge in [0.2, 0.25) is 0 Å². The second kappa shape index (κ2) is 15.0. The van der Waals surface area contributed by atoms with E-state index in [0.29, 0.717) is 29.8 Å². The van der Waals surface area contributed by atoms with Gasteiger partial charge in [-0.1, -0.05) is 44.9 Å². The Bertz CT molecular complexity index is 736. The summed E-state index contributed by atoms with van der Waals surface area (Å²) in [5, 5.41) is 6.71. The summed E-state index contributed by atoms with van der Waals surface area (Å²) in [6.07, 6.45) is 2.81. The van der Waals surface area contributed by atoms with Crippen LogP contribution in [-0.4, -0.2) is 77.5 Å². The number of nitrogens with one attached hydrogen (secondary N) is 2. The van der Waals surface area contributed by atoms with Crippen LogP contribution in [-0.2, 0) is 14.6 Å². The van der Waals surface area contributed by atoms with Crippen LogP contribution in [0.2, 0.25) is 0 Å². The SMILES string of the molecule is CCC(CC)C(CNC(=NC)NCCCS(=O)(=O)c1ccccc1)N1CCOCC1.I. The molecule has 1 fully saturated rings. The molecule has 0 aromatic heterocycles. The van der Waals surface area contributed by atoms with Gasteiger partial charge in [0.05, 0.1) is 23.9 Å². The van der Waals surface area contributed by atoms with Gasteiger partial charge in [-0.15, -0.1) is 24.0 Å². The first-order valence-electron chi connectivity index (χ1n) is 11.1. The Kier molecular flexibility index (Phi) is 13.6. The number of sulfone groups is 1. The number of morpholine rings is 1. The predicted octanol–water partition coefficient (Wildman–Crippen LogP) is 2.77. The fourth-order valence-electron chi connectivity index (χ4n) is 3.97. The number of rotatable bonds is 11. The molecular weight excluding hydrogens is 527 g/mol. The summed E-state index contributed by atoms with van der Waals surface area (Å²) in [7, 11) is -1.50. The zero-order chi connectivity index (χ0) is 21.8. The highest BCUT2D eigenvalue weighted by Crippen LogP contribution is 2.19. The van der Waals surface area contributed by atoms with Crippen molar-refractivity contribution in [3.05, 3.63) is 30.3 Å². The van der Waals surface area contributed by atoms with E-state index in [1.54, 1.807) is 31.3 Å². The third kappa shape index (κ3) is 9.23. The lowest BCUT2D eigenvalue weighted by Gasteiger charge is -2.39. The molecule has 1 saturated heterocycles. The van der Waals surface area contributed by atoms with Crippen molar-refractivity contribution in [2.75, 3.05) is 52.2 Å². The molecule has 0 saturated carbocycles. The lowest BCUT2D eigenvalue weighted by Crippen LogP contribution is -2.53. The average molecular weight is 567 g/mol. The fourth-order valence-corrected chi connectivity index (χ4v) is 5.30. The molecule has 31 heavy (non-hydrogen) atoms. The van der Waals surface area contributed by atoms with Crippen molar-refractivity contribution < 1.29 is 13.2 Å². The van der Waals surface area contributed by atoms with Gasteiger partial charge in [-0.3, -0.25) is 9.89 Å². The van der Waals surface area contributed by atoms with E-state index >= 15 is 0 Å². The van der Waals surface area contributed by atoms with Crippen LogP contribution in [0.25, 0.3) is 0 Å². The van der Waals surface area contributed by atoms with Crippen molar-refractivity contribution in [1.29, 1.82) is 0 Å². The number of hydrogen-bond donors (Lipinski definition) is 2. The molecule has 2 rings (SSSR count). The minimum absolute atomic E-state index is 0. The van der Waals surface area contributed by atoms with E-state index < -0.39 is 9.84 Å². The lowest BCUT2D eigenvalue weighted by atomic mass is 9.92. The van der Waals surface area contributed by atoms with Gasteiger partial charge >= 0.3 is 0 Å². The molecule has 1 atom stereocenters. The molecular formula is C22H39IN4O3S. The minimum atomic E-state index is -3.24. The standard InChI is InChI=1S/C22H38N4O3S.HI/c1-4-19(5-2)21(26-13-15-29-16-14-26)18-25-22(23-3)24-12-9-17-30(27,28)20-10-7-6-8-11-20;/h6-8,10-11,19,21H,4-5,9,12-18H2,1-3H3,(H2,23,24,25);1H. The highest BCUT2D eigenvalue weighted by molar-refractivity contribution is 14.0. The predicted molar refractivity (Wildman–Crippen MR) is 138 cm³/mol. The smallest absolute Gasteiger partial charge is 0.191 e. The number of aliphatic imine (C=N–C) groups is 1. The molecule has 1 aliphatic rings. The van der Waals surface area contributed by atoms with Gasteiger partial charge in [-0.2, -0.15) is 0 Å². The van der Waals surface area contributed by atoms with Crippen LogP contribution in [0.15, 0.2) is 40.2 Å². The van der Waals surface area contributed by atoms with E-state index in [2.05, 4.69) is 34.4 Å². The van der Waals surface area contributed by atoms with Crippen molar-refractivity contribution in [3.8, 4) is 0 Å². The first-order valence-corrected chi connectivity index (χ1v) is 12.7. The number of nitrogens with zero attached hydrogens (tertiary/aromatic N) is 2. The molecule has 1 aromatic carbocycles. The third-order valence-corrected chi connectivity index (χ3v) is 7.61. The lowest BCUT2D eigenvalue weighted by molar-refractivity contribution is 0.00272. The van der Waals surface area contributed by atoms with E-state index in [1.165, 1.54) is 0 Å². The molecule has 178 valence electrons. The first-order chi connectivity index (χ1) is 14.5. The van der Waals surface area contributed by atoms with Crippen LogP contribution >= 0.6 is 24.0 Å². The monoisotopic (exact) mass is 566 g/mol. The molecule has 7 nitrogen and oxygen atoms in total. The normalized spacial score (nSPS) is 16.6. The van der Waals surface area contributed by atoms with Crippen LogP contribution in [0.4, 0.5) is 0 Å².